The van der Waals surface area contributed by atoms with Gasteiger partial charge in [-0.1, -0.05) is 55.7 Å². The SMILES string of the molecule is COc1cc(C(CN2CCC(N(C)C)CC2)C2(O)CCCCC2)ccc1OCc1ccccc1.Cl.Cl. The molecule has 1 heterocycles. The molecular weight excluding hydrogens is 495 g/mol. The monoisotopic (exact) mass is 538 g/mol. The number of hydrogen-bond acceptors (Lipinski definition) is 5. The lowest BCUT2D eigenvalue weighted by Gasteiger charge is -2.43. The van der Waals surface area contributed by atoms with Crippen molar-refractivity contribution in [1.29, 1.82) is 0 Å². The van der Waals surface area contributed by atoms with Gasteiger partial charge >= 0.3 is 0 Å². The number of halogens is 2. The average Bonchev–Trinajstić information content (AvgIpc) is 2.87. The number of likely N-dealkylation sites (tertiary alicyclic amines) is 1. The van der Waals surface area contributed by atoms with Crippen LogP contribution in [-0.2, 0) is 6.61 Å². The minimum absolute atomic E-state index is 0. The number of nitrogens with zero attached hydrogens (tertiary/aromatic N) is 2. The van der Waals surface area contributed by atoms with Crippen molar-refractivity contribution in [2.45, 2.75) is 69.1 Å². The Kier molecular flexibility index (Phi) is 12.3. The largest absolute Gasteiger partial charge is 0.493 e. The second kappa shape index (κ2) is 14.4. The third kappa shape index (κ3) is 7.75. The molecule has 1 N–H and O–H groups in total. The molecule has 36 heavy (non-hydrogen) atoms. The van der Waals surface area contributed by atoms with Gasteiger partial charge in [-0.3, -0.25) is 0 Å². The molecule has 0 spiro atoms. The highest BCUT2D eigenvalue weighted by molar-refractivity contribution is 5.85. The van der Waals surface area contributed by atoms with Crippen LogP contribution in [0.3, 0.4) is 0 Å². The van der Waals surface area contributed by atoms with E-state index in [0.717, 1.165) is 67.9 Å². The fourth-order valence-electron chi connectivity index (χ4n) is 5.73. The van der Waals surface area contributed by atoms with Crippen LogP contribution in [0.25, 0.3) is 0 Å². The molecule has 7 heteroatoms. The van der Waals surface area contributed by atoms with E-state index < -0.39 is 5.60 Å². The normalized spacial score (nSPS) is 19.1. The van der Waals surface area contributed by atoms with E-state index in [1.165, 1.54) is 19.3 Å². The molecule has 1 saturated carbocycles. The summed E-state index contributed by atoms with van der Waals surface area (Å²) >= 11 is 0. The lowest BCUT2D eigenvalue weighted by atomic mass is 9.72. The zero-order valence-electron chi connectivity index (χ0n) is 22.0. The lowest BCUT2D eigenvalue weighted by Crippen LogP contribution is -2.48. The van der Waals surface area contributed by atoms with E-state index in [1.807, 2.05) is 24.3 Å². The van der Waals surface area contributed by atoms with Crippen molar-refractivity contribution in [3.63, 3.8) is 0 Å². The van der Waals surface area contributed by atoms with Gasteiger partial charge in [-0.25, -0.2) is 0 Å². The predicted molar refractivity (Wildman–Crippen MR) is 152 cm³/mol. The number of ether oxygens (including phenoxy) is 2. The molecule has 0 amide bonds. The molecule has 2 fully saturated rings. The van der Waals surface area contributed by atoms with Gasteiger partial charge in [-0.15, -0.1) is 24.8 Å². The van der Waals surface area contributed by atoms with Crippen LogP contribution in [0.2, 0.25) is 0 Å². The third-order valence-corrected chi connectivity index (χ3v) is 7.92. The Balaban J connectivity index is 0.00000228. The second-order valence-corrected chi connectivity index (χ2v) is 10.4. The number of piperidine rings is 1. The van der Waals surface area contributed by atoms with Crippen molar-refractivity contribution in [3.05, 3.63) is 59.7 Å². The van der Waals surface area contributed by atoms with Crippen LogP contribution < -0.4 is 9.47 Å². The molecule has 2 aromatic rings. The summed E-state index contributed by atoms with van der Waals surface area (Å²) in [5, 5.41) is 11.8. The molecule has 2 aromatic carbocycles. The minimum Gasteiger partial charge on any atom is -0.493 e. The fraction of sp³-hybridized carbons (Fsp3) is 0.586. The lowest BCUT2D eigenvalue weighted by molar-refractivity contribution is -0.0336. The van der Waals surface area contributed by atoms with Gasteiger partial charge in [0, 0.05) is 18.5 Å². The fourth-order valence-corrected chi connectivity index (χ4v) is 5.73. The van der Waals surface area contributed by atoms with Gasteiger partial charge in [0.05, 0.1) is 12.7 Å². The van der Waals surface area contributed by atoms with Gasteiger partial charge in [0.1, 0.15) is 6.61 Å². The van der Waals surface area contributed by atoms with Gasteiger partial charge in [-0.05, 0) is 76.1 Å². The maximum atomic E-state index is 11.8. The Morgan fingerprint density at radius 2 is 1.64 bits per heavy atom. The van der Waals surface area contributed by atoms with E-state index in [1.54, 1.807) is 7.11 Å². The van der Waals surface area contributed by atoms with Gasteiger partial charge in [0.25, 0.3) is 0 Å². The number of hydrogen-bond donors (Lipinski definition) is 1. The molecule has 202 valence electrons. The highest BCUT2D eigenvalue weighted by atomic mass is 35.5. The first-order valence-electron chi connectivity index (χ1n) is 12.9. The Labute approximate surface area is 230 Å². The van der Waals surface area contributed by atoms with E-state index in [-0.39, 0.29) is 30.7 Å². The molecular formula is C29H44Cl2N2O3. The minimum atomic E-state index is -0.659. The Morgan fingerprint density at radius 3 is 2.25 bits per heavy atom. The molecule has 0 radical (unpaired) electrons. The van der Waals surface area contributed by atoms with Gasteiger partial charge in [-0.2, -0.15) is 0 Å². The summed E-state index contributed by atoms with van der Waals surface area (Å²) in [6.07, 6.45) is 7.55. The first kappa shape index (κ1) is 30.7. The quantitative estimate of drug-likeness (QED) is 0.429. The Hall–Kier alpha value is -1.50. The van der Waals surface area contributed by atoms with Crippen molar-refractivity contribution in [2.24, 2.45) is 0 Å². The average molecular weight is 540 g/mol. The highest BCUT2D eigenvalue weighted by Crippen LogP contribution is 2.43. The Bertz CT molecular complexity index is 899. The summed E-state index contributed by atoms with van der Waals surface area (Å²) < 4.78 is 11.9. The molecule has 5 nitrogen and oxygen atoms in total. The molecule has 0 bridgehead atoms. The molecule has 1 unspecified atom stereocenters. The molecule has 4 rings (SSSR count). The summed E-state index contributed by atoms with van der Waals surface area (Å²) in [5.74, 6) is 1.56. The van der Waals surface area contributed by atoms with Crippen molar-refractivity contribution in [1.82, 2.24) is 9.80 Å². The van der Waals surface area contributed by atoms with Crippen molar-refractivity contribution in [3.8, 4) is 11.5 Å². The molecule has 1 aliphatic carbocycles. The van der Waals surface area contributed by atoms with E-state index in [2.05, 4.69) is 48.2 Å². The van der Waals surface area contributed by atoms with Crippen LogP contribution in [0.15, 0.2) is 48.5 Å². The van der Waals surface area contributed by atoms with Crippen molar-refractivity contribution >= 4 is 24.8 Å². The zero-order chi connectivity index (χ0) is 24.0. The summed E-state index contributed by atoms with van der Waals surface area (Å²) in [4.78, 5) is 4.91. The van der Waals surface area contributed by atoms with Crippen LogP contribution >= 0.6 is 24.8 Å². The van der Waals surface area contributed by atoms with Gasteiger partial charge < -0.3 is 24.4 Å². The summed E-state index contributed by atoms with van der Waals surface area (Å²) in [7, 11) is 6.06. The molecule has 1 saturated heterocycles. The standard InChI is InChI=1S/C29H42N2O3.2ClH/c1-30(2)25-14-18-31(19-15-25)21-26(29(32)16-8-5-9-17-29)24-12-13-27(28(20-24)33-3)34-22-23-10-6-4-7-11-23;;/h4,6-7,10-13,20,25-26,32H,5,8-9,14-19,21-22H2,1-3H3;2*1H. The Morgan fingerprint density at radius 1 is 0.972 bits per heavy atom. The topological polar surface area (TPSA) is 45.2 Å². The van der Waals surface area contributed by atoms with Crippen LogP contribution in [0.4, 0.5) is 0 Å². The van der Waals surface area contributed by atoms with E-state index >= 15 is 0 Å². The van der Waals surface area contributed by atoms with Crippen LogP contribution in [0.1, 0.15) is 62.0 Å². The number of benzene rings is 2. The van der Waals surface area contributed by atoms with Gasteiger partial charge in [0.2, 0.25) is 0 Å². The zero-order valence-corrected chi connectivity index (χ0v) is 23.7. The summed E-state index contributed by atoms with van der Waals surface area (Å²) in [6.45, 7) is 3.57. The van der Waals surface area contributed by atoms with E-state index in [0.29, 0.717) is 12.6 Å². The van der Waals surface area contributed by atoms with E-state index in [4.69, 9.17) is 9.47 Å². The number of aliphatic hydroxyl groups is 1. The molecule has 1 atom stereocenters. The first-order valence-corrected chi connectivity index (χ1v) is 12.9. The van der Waals surface area contributed by atoms with Crippen LogP contribution in [0.5, 0.6) is 11.5 Å². The second-order valence-electron chi connectivity index (χ2n) is 10.4. The first-order chi connectivity index (χ1) is 16.5. The summed E-state index contributed by atoms with van der Waals surface area (Å²) in [6, 6.07) is 17.1. The molecule has 0 aromatic heterocycles. The smallest absolute Gasteiger partial charge is 0.161 e. The number of methoxy groups -OCH3 is 1. The highest BCUT2D eigenvalue weighted by Gasteiger charge is 2.40. The molecule has 2 aliphatic rings. The number of rotatable bonds is 9. The van der Waals surface area contributed by atoms with Crippen molar-refractivity contribution < 1.29 is 14.6 Å². The maximum Gasteiger partial charge on any atom is 0.161 e. The summed E-state index contributed by atoms with van der Waals surface area (Å²) in [5.41, 5.74) is 1.63. The predicted octanol–water partition coefficient (Wildman–Crippen LogP) is 5.92. The van der Waals surface area contributed by atoms with Crippen molar-refractivity contribution in [2.75, 3.05) is 40.8 Å². The van der Waals surface area contributed by atoms with Crippen LogP contribution in [-0.4, -0.2) is 67.4 Å². The molecule has 1 aliphatic heterocycles. The maximum absolute atomic E-state index is 11.8. The third-order valence-electron chi connectivity index (χ3n) is 7.92. The van der Waals surface area contributed by atoms with Gasteiger partial charge in [0.15, 0.2) is 11.5 Å². The van der Waals surface area contributed by atoms with E-state index in [9.17, 15) is 5.11 Å². The van der Waals surface area contributed by atoms with Crippen LogP contribution in [0, 0.1) is 0 Å².